The number of carboxylic acid groups (broad SMARTS) is 1. The number of carbonyl (C=O) groups excluding carboxylic acids is 1. The molecule has 1 amide bonds. The van der Waals surface area contributed by atoms with Gasteiger partial charge in [-0.15, -0.1) is 0 Å². The molecule has 19 heavy (non-hydrogen) atoms. The Balaban J connectivity index is 1.86. The van der Waals surface area contributed by atoms with Gasteiger partial charge in [0.15, 0.2) is 5.60 Å². The number of carbonyl (C=O) groups is 2. The van der Waals surface area contributed by atoms with Gasteiger partial charge in [0.25, 0.3) is 0 Å². The first kappa shape index (κ1) is 12.5. The molecule has 0 bridgehead atoms. The van der Waals surface area contributed by atoms with Crippen LogP contribution >= 0.6 is 15.9 Å². The second kappa shape index (κ2) is 4.23. The van der Waals surface area contributed by atoms with Crippen molar-refractivity contribution in [3.63, 3.8) is 0 Å². The number of fused-ring (bicyclic) bond motifs is 1. The molecular formula is C13H12BrNO4. The molecule has 2 aliphatic heterocycles. The van der Waals surface area contributed by atoms with E-state index in [9.17, 15) is 9.59 Å². The van der Waals surface area contributed by atoms with E-state index in [-0.39, 0.29) is 5.78 Å². The smallest absolute Gasteiger partial charge is 0.407 e. The van der Waals surface area contributed by atoms with Gasteiger partial charge in [-0.05, 0) is 18.2 Å². The molecule has 6 heteroatoms. The summed E-state index contributed by atoms with van der Waals surface area (Å²) in [5, 5.41) is 8.94. The number of halogens is 1. The Morgan fingerprint density at radius 3 is 2.68 bits per heavy atom. The summed E-state index contributed by atoms with van der Waals surface area (Å²) in [5.41, 5.74) is -0.284. The summed E-state index contributed by atoms with van der Waals surface area (Å²) in [6.45, 7) is 0.659. The average Bonchev–Trinajstić information content (AvgIpc) is 2.64. The Labute approximate surface area is 118 Å². The van der Waals surface area contributed by atoms with E-state index in [1.54, 1.807) is 12.1 Å². The highest BCUT2D eigenvalue weighted by Gasteiger charge is 2.50. The van der Waals surface area contributed by atoms with E-state index in [0.29, 0.717) is 37.2 Å². The second-order valence-electron chi connectivity index (χ2n) is 4.84. The molecule has 1 aromatic carbocycles. The van der Waals surface area contributed by atoms with Crippen LogP contribution in [0, 0.1) is 0 Å². The zero-order valence-corrected chi connectivity index (χ0v) is 11.6. The Morgan fingerprint density at radius 2 is 2.05 bits per heavy atom. The van der Waals surface area contributed by atoms with Crippen LogP contribution in [0.5, 0.6) is 5.75 Å². The van der Waals surface area contributed by atoms with Crippen molar-refractivity contribution < 1.29 is 19.4 Å². The number of Topliss-reactive ketones (excluding diaryl/α,β-unsaturated/α-hetero) is 1. The minimum atomic E-state index is -0.944. The molecule has 1 aromatic rings. The number of hydrogen-bond donors (Lipinski definition) is 1. The predicted molar refractivity (Wildman–Crippen MR) is 70.7 cm³/mol. The van der Waals surface area contributed by atoms with Gasteiger partial charge < -0.3 is 14.7 Å². The van der Waals surface area contributed by atoms with Crippen molar-refractivity contribution in [1.29, 1.82) is 0 Å². The molecule has 0 saturated carbocycles. The number of ketones is 1. The summed E-state index contributed by atoms with van der Waals surface area (Å²) in [4.78, 5) is 24.7. The van der Waals surface area contributed by atoms with E-state index < -0.39 is 11.7 Å². The third-order valence-corrected chi connectivity index (χ3v) is 4.24. The van der Waals surface area contributed by atoms with E-state index >= 15 is 0 Å². The van der Waals surface area contributed by atoms with E-state index in [1.807, 2.05) is 6.07 Å². The molecule has 5 nitrogen and oxygen atoms in total. The monoisotopic (exact) mass is 325 g/mol. The Bertz CT molecular complexity index is 564. The molecule has 0 atom stereocenters. The first-order valence-electron chi connectivity index (χ1n) is 6.03. The summed E-state index contributed by atoms with van der Waals surface area (Å²) >= 11 is 3.34. The number of likely N-dealkylation sites (tertiary alicyclic amines) is 1. The van der Waals surface area contributed by atoms with Gasteiger partial charge in [0, 0.05) is 30.4 Å². The third kappa shape index (κ3) is 1.90. The summed E-state index contributed by atoms with van der Waals surface area (Å²) in [5.74, 6) is 0.561. The van der Waals surface area contributed by atoms with Gasteiger partial charge in [-0.1, -0.05) is 15.9 Å². The van der Waals surface area contributed by atoms with Crippen LogP contribution in [0.1, 0.15) is 23.2 Å². The topological polar surface area (TPSA) is 66.8 Å². The molecule has 0 aliphatic carbocycles. The molecule has 1 spiro atoms. The number of piperidine rings is 1. The summed E-state index contributed by atoms with van der Waals surface area (Å²) < 4.78 is 6.68. The van der Waals surface area contributed by atoms with Crippen LogP contribution in [0.4, 0.5) is 4.79 Å². The molecule has 1 N–H and O–H groups in total. The SMILES string of the molecule is O=C(O)N1CCC2(CC1)Oc1ccc(Br)cc1C2=O. The van der Waals surface area contributed by atoms with Crippen LogP contribution in [-0.2, 0) is 0 Å². The van der Waals surface area contributed by atoms with Crippen LogP contribution in [0.15, 0.2) is 22.7 Å². The lowest BCUT2D eigenvalue weighted by Crippen LogP contribution is -2.51. The van der Waals surface area contributed by atoms with E-state index in [0.717, 1.165) is 4.47 Å². The van der Waals surface area contributed by atoms with Crippen molar-refractivity contribution in [2.45, 2.75) is 18.4 Å². The standard InChI is InChI=1S/C13H12BrNO4/c14-8-1-2-10-9(7-8)11(16)13(19-10)3-5-15(6-4-13)12(17)18/h1-2,7H,3-6H2,(H,17,18). The van der Waals surface area contributed by atoms with Gasteiger partial charge in [0.1, 0.15) is 5.75 Å². The highest BCUT2D eigenvalue weighted by molar-refractivity contribution is 9.10. The third-order valence-electron chi connectivity index (χ3n) is 3.75. The van der Waals surface area contributed by atoms with Gasteiger partial charge in [-0.25, -0.2) is 4.79 Å². The first-order chi connectivity index (χ1) is 9.02. The molecule has 3 rings (SSSR count). The van der Waals surface area contributed by atoms with Crippen molar-refractivity contribution in [3.05, 3.63) is 28.2 Å². The predicted octanol–water partition coefficient (Wildman–Crippen LogP) is 2.54. The summed E-state index contributed by atoms with van der Waals surface area (Å²) in [6.07, 6.45) is -0.130. The van der Waals surface area contributed by atoms with E-state index in [4.69, 9.17) is 9.84 Å². The molecule has 2 heterocycles. The maximum atomic E-state index is 12.5. The molecule has 1 saturated heterocycles. The molecule has 0 aromatic heterocycles. The van der Waals surface area contributed by atoms with Crippen LogP contribution in [-0.4, -0.2) is 40.6 Å². The fraction of sp³-hybridized carbons (Fsp3) is 0.385. The van der Waals surface area contributed by atoms with Crippen molar-refractivity contribution in [2.75, 3.05) is 13.1 Å². The van der Waals surface area contributed by atoms with Crippen molar-refractivity contribution in [2.24, 2.45) is 0 Å². The number of rotatable bonds is 0. The zero-order chi connectivity index (χ0) is 13.6. The highest BCUT2D eigenvalue weighted by atomic mass is 79.9. The van der Waals surface area contributed by atoms with E-state index in [1.165, 1.54) is 4.90 Å². The molecule has 0 radical (unpaired) electrons. The number of benzene rings is 1. The van der Waals surface area contributed by atoms with Crippen LogP contribution in [0.2, 0.25) is 0 Å². The number of ether oxygens (including phenoxy) is 1. The quantitative estimate of drug-likeness (QED) is 0.796. The largest absolute Gasteiger partial charge is 0.478 e. The maximum Gasteiger partial charge on any atom is 0.407 e. The van der Waals surface area contributed by atoms with Crippen molar-refractivity contribution >= 4 is 27.8 Å². The van der Waals surface area contributed by atoms with Gasteiger partial charge in [0.05, 0.1) is 5.56 Å². The number of hydrogen-bond acceptors (Lipinski definition) is 3. The zero-order valence-electron chi connectivity index (χ0n) is 10.1. The minimum absolute atomic E-state index is 0.0335. The fourth-order valence-corrected chi connectivity index (χ4v) is 3.02. The van der Waals surface area contributed by atoms with Gasteiger partial charge >= 0.3 is 6.09 Å². The first-order valence-corrected chi connectivity index (χ1v) is 6.82. The van der Waals surface area contributed by atoms with Crippen LogP contribution < -0.4 is 4.74 Å². The Kier molecular flexibility index (Phi) is 2.78. The lowest BCUT2D eigenvalue weighted by molar-refractivity contribution is 0.0220. The van der Waals surface area contributed by atoms with Crippen molar-refractivity contribution in [1.82, 2.24) is 4.90 Å². The number of nitrogens with zero attached hydrogens (tertiary/aromatic N) is 1. The number of amides is 1. The lowest BCUT2D eigenvalue weighted by Gasteiger charge is -2.36. The lowest BCUT2D eigenvalue weighted by atomic mass is 9.86. The van der Waals surface area contributed by atoms with Gasteiger partial charge in [-0.2, -0.15) is 0 Å². The second-order valence-corrected chi connectivity index (χ2v) is 5.75. The van der Waals surface area contributed by atoms with Crippen LogP contribution in [0.25, 0.3) is 0 Å². The molecule has 2 aliphatic rings. The van der Waals surface area contributed by atoms with Gasteiger partial charge in [0.2, 0.25) is 5.78 Å². The average molecular weight is 326 g/mol. The molecule has 100 valence electrons. The highest BCUT2D eigenvalue weighted by Crippen LogP contribution is 2.41. The fourth-order valence-electron chi connectivity index (χ4n) is 2.66. The van der Waals surface area contributed by atoms with Gasteiger partial charge in [-0.3, -0.25) is 4.79 Å². The van der Waals surface area contributed by atoms with Crippen molar-refractivity contribution in [3.8, 4) is 5.75 Å². The maximum absolute atomic E-state index is 12.5. The Morgan fingerprint density at radius 1 is 1.37 bits per heavy atom. The summed E-state index contributed by atoms with van der Waals surface area (Å²) in [6, 6.07) is 5.36. The van der Waals surface area contributed by atoms with Crippen LogP contribution in [0.3, 0.4) is 0 Å². The molecular weight excluding hydrogens is 314 g/mol. The Hall–Kier alpha value is -1.56. The molecule has 1 fully saturated rings. The van der Waals surface area contributed by atoms with E-state index in [2.05, 4.69) is 15.9 Å². The summed E-state index contributed by atoms with van der Waals surface area (Å²) in [7, 11) is 0. The molecule has 0 unspecified atom stereocenters. The minimum Gasteiger partial charge on any atom is -0.478 e. The normalized spacial score (nSPS) is 20.3.